The molecule has 0 N–H and O–H groups in total. The topological polar surface area (TPSA) is 35.5 Å². The summed E-state index contributed by atoms with van der Waals surface area (Å²) in [6, 6.07) is 34.1. The molecule has 0 aliphatic rings. The van der Waals surface area contributed by atoms with Gasteiger partial charge in [-0.05, 0) is 46.5 Å². The SMILES string of the molecule is O=CC=Cc1cccc(-c2ccc(OCc3ccccc3)cc2OCc2ccccc2)c1. The Bertz CT molecular complexity index is 1180. The molecule has 32 heavy (non-hydrogen) atoms. The molecule has 0 radical (unpaired) electrons. The lowest BCUT2D eigenvalue weighted by Gasteiger charge is -2.15. The van der Waals surface area contributed by atoms with E-state index in [1.54, 1.807) is 6.08 Å². The molecule has 0 atom stereocenters. The minimum atomic E-state index is 0.459. The Morgan fingerprint density at radius 3 is 2.03 bits per heavy atom. The van der Waals surface area contributed by atoms with Gasteiger partial charge in [0.1, 0.15) is 31.0 Å². The van der Waals surface area contributed by atoms with Crippen molar-refractivity contribution >= 4 is 12.4 Å². The standard InChI is InChI=1S/C29H24O3/c30-18-8-14-23-13-7-15-26(19-23)28-17-16-27(31-21-24-9-3-1-4-10-24)20-29(28)32-22-25-11-5-2-6-12-25/h1-20H,21-22H2. The smallest absolute Gasteiger partial charge is 0.142 e. The summed E-state index contributed by atoms with van der Waals surface area (Å²) < 4.78 is 12.3. The van der Waals surface area contributed by atoms with Gasteiger partial charge in [-0.3, -0.25) is 4.79 Å². The van der Waals surface area contributed by atoms with Crippen molar-refractivity contribution in [3.05, 3.63) is 126 Å². The van der Waals surface area contributed by atoms with Crippen LogP contribution in [0.1, 0.15) is 16.7 Å². The van der Waals surface area contributed by atoms with Crippen LogP contribution >= 0.6 is 0 Å². The predicted octanol–water partition coefficient (Wildman–Crippen LogP) is 6.72. The molecule has 0 aliphatic heterocycles. The van der Waals surface area contributed by atoms with E-state index in [-0.39, 0.29) is 0 Å². The van der Waals surface area contributed by atoms with Crippen molar-refractivity contribution in [2.24, 2.45) is 0 Å². The van der Waals surface area contributed by atoms with Crippen LogP contribution in [0.5, 0.6) is 11.5 Å². The van der Waals surface area contributed by atoms with Crippen molar-refractivity contribution in [3.63, 3.8) is 0 Å². The number of ether oxygens (including phenoxy) is 2. The first-order valence-corrected chi connectivity index (χ1v) is 10.5. The van der Waals surface area contributed by atoms with Crippen LogP contribution in [-0.4, -0.2) is 6.29 Å². The molecule has 3 heteroatoms. The van der Waals surface area contributed by atoms with E-state index in [2.05, 4.69) is 0 Å². The maximum absolute atomic E-state index is 10.7. The van der Waals surface area contributed by atoms with Gasteiger partial charge in [0.2, 0.25) is 0 Å². The van der Waals surface area contributed by atoms with Crippen LogP contribution in [-0.2, 0) is 18.0 Å². The third-order valence-electron chi connectivity index (χ3n) is 5.00. The second-order valence-corrected chi connectivity index (χ2v) is 7.33. The third kappa shape index (κ3) is 5.73. The maximum atomic E-state index is 10.7. The maximum Gasteiger partial charge on any atom is 0.142 e. The number of benzene rings is 4. The Labute approximate surface area is 188 Å². The number of hydrogen-bond acceptors (Lipinski definition) is 3. The molecular formula is C29H24O3. The zero-order valence-electron chi connectivity index (χ0n) is 17.7. The molecule has 0 fully saturated rings. The van der Waals surface area contributed by atoms with Crippen molar-refractivity contribution in [1.82, 2.24) is 0 Å². The minimum Gasteiger partial charge on any atom is -0.489 e. The number of carbonyl (C=O) groups excluding carboxylic acids is 1. The Morgan fingerprint density at radius 2 is 1.34 bits per heavy atom. The molecule has 158 valence electrons. The Hall–Kier alpha value is -4.11. The summed E-state index contributed by atoms with van der Waals surface area (Å²) >= 11 is 0. The van der Waals surface area contributed by atoms with Gasteiger partial charge in [-0.1, -0.05) is 84.9 Å². The molecule has 0 amide bonds. The average Bonchev–Trinajstić information content (AvgIpc) is 2.86. The molecule has 0 aliphatic carbocycles. The van der Waals surface area contributed by atoms with Gasteiger partial charge in [-0.25, -0.2) is 0 Å². The van der Waals surface area contributed by atoms with Crippen LogP contribution in [0.2, 0.25) is 0 Å². The van der Waals surface area contributed by atoms with Crippen LogP contribution in [0.4, 0.5) is 0 Å². The van der Waals surface area contributed by atoms with Crippen LogP contribution in [0.3, 0.4) is 0 Å². The van der Waals surface area contributed by atoms with Crippen molar-refractivity contribution in [1.29, 1.82) is 0 Å². The van der Waals surface area contributed by atoms with E-state index in [0.29, 0.717) is 13.2 Å². The number of hydrogen-bond donors (Lipinski definition) is 0. The summed E-state index contributed by atoms with van der Waals surface area (Å²) in [6.45, 7) is 0.949. The van der Waals surface area contributed by atoms with E-state index >= 15 is 0 Å². The van der Waals surface area contributed by atoms with Gasteiger partial charge in [-0.2, -0.15) is 0 Å². The third-order valence-corrected chi connectivity index (χ3v) is 5.00. The lowest BCUT2D eigenvalue weighted by Crippen LogP contribution is -1.99. The Kier molecular flexibility index (Phi) is 7.12. The molecule has 4 aromatic carbocycles. The number of allylic oxidation sites excluding steroid dienone is 1. The highest BCUT2D eigenvalue weighted by Crippen LogP contribution is 2.35. The zero-order valence-corrected chi connectivity index (χ0v) is 17.7. The molecule has 0 bridgehead atoms. The Morgan fingerprint density at radius 1 is 0.656 bits per heavy atom. The highest BCUT2D eigenvalue weighted by Gasteiger charge is 2.10. The number of aldehydes is 1. The average molecular weight is 421 g/mol. The summed E-state index contributed by atoms with van der Waals surface area (Å²) in [5.74, 6) is 1.49. The number of carbonyl (C=O) groups is 1. The van der Waals surface area contributed by atoms with E-state index in [4.69, 9.17) is 9.47 Å². The van der Waals surface area contributed by atoms with E-state index in [1.807, 2.05) is 103 Å². The number of rotatable bonds is 9. The molecule has 0 spiro atoms. The summed E-state index contributed by atoms with van der Waals surface area (Å²) in [6.07, 6.45) is 4.06. The molecule has 0 unspecified atom stereocenters. The monoisotopic (exact) mass is 420 g/mol. The second-order valence-electron chi connectivity index (χ2n) is 7.33. The molecule has 0 aromatic heterocycles. The highest BCUT2D eigenvalue weighted by molar-refractivity contribution is 5.77. The van der Waals surface area contributed by atoms with Crippen LogP contribution in [0.15, 0.2) is 109 Å². The van der Waals surface area contributed by atoms with Crippen molar-refractivity contribution in [3.8, 4) is 22.6 Å². The minimum absolute atomic E-state index is 0.459. The van der Waals surface area contributed by atoms with E-state index in [1.165, 1.54) is 6.08 Å². The summed E-state index contributed by atoms with van der Waals surface area (Å²) in [5.41, 5.74) is 5.13. The van der Waals surface area contributed by atoms with E-state index in [0.717, 1.165) is 45.6 Å². The van der Waals surface area contributed by atoms with Gasteiger partial charge in [-0.15, -0.1) is 0 Å². The van der Waals surface area contributed by atoms with Gasteiger partial charge in [0.15, 0.2) is 0 Å². The first-order valence-electron chi connectivity index (χ1n) is 10.5. The summed E-state index contributed by atoms with van der Waals surface area (Å²) in [7, 11) is 0. The highest BCUT2D eigenvalue weighted by atomic mass is 16.5. The zero-order chi connectivity index (χ0) is 22.0. The van der Waals surface area contributed by atoms with Crippen LogP contribution in [0, 0.1) is 0 Å². The largest absolute Gasteiger partial charge is 0.489 e. The molecular weight excluding hydrogens is 396 g/mol. The van der Waals surface area contributed by atoms with Gasteiger partial charge < -0.3 is 9.47 Å². The molecule has 4 aromatic rings. The first-order chi connectivity index (χ1) is 15.8. The molecule has 4 rings (SSSR count). The summed E-state index contributed by atoms with van der Waals surface area (Å²) in [4.78, 5) is 10.7. The first kappa shape index (κ1) is 21.1. The molecule has 0 heterocycles. The molecule has 3 nitrogen and oxygen atoms in total. The van der Waals surface area contributed by atoms with Gasteiger partial charge >= 0.3 is 0 Å². The van der Waals surface area contributed by atoms with Gasteiger partial charge in [0, 0.05) is 11.6 Å². The van der Waals surface area contributed by atoms with Crippen LogP contribution < -0.4 is 9.47 Å². The second kappa shape index (κ2) is 10.8. The fourth-order valence-electron chi connectivity index (χ4n) is 3.39. The van der Waals surface area contributed by atoms with Gasteiger partial charge in [0.25, 0.3) is 0 Å². The van der Waals surface area contributed by atoms with Crippen molar-refractivity contribution in [2.75, 3.05) is 0 Å². The van der Waals surface area contributed by atoms with E-state index < -0.39 is 0 Å². The molecule has 0 saturated carbocycles. The van der Waals surface area contributed by atoms with Crippen molar-refractivity contribution in [2.45, 2.75) is 13.2 Å². The predicted molar refractivity (Wildman–Crippen MR) is 129 cm³/mol. The van der Waals surface area contributed by atoms with E-state index in [9.17, 15) is 4.79 Å². The molecule has 0 saturated heterocycles. The normalized spacial score (nSPS) is 10.8. The van der Waals surface area contributed by atoms with Gasteiger partial charge in [0.05, 0.1) is 0 Å². The fraction of sp³-hybridized carbons (Fsp3) is 0.0690. The fourth-order valence-corrected chi connectivity index (χ4v) is 3.39. The summed E-state index contributed by atoms with van der Waals surface area (Å²) in [5, 5.41) is 0. The lowest BCUT2D eigenvalue weighted by molar-refractivity contribution is -0.104. The lowest BCUT2D eigenvalue weighted by atomic mass is 10.0. The van der Waals surface area contributed by atoms with Crippen molar-refractivity contribution < 1.29 is 14.3 Å². The van der Waals surface area contributed by atoms with Crippen LogP contribution in [0.25, 0.3) is 17.2 Å². The Balaban J connectivity index is 1.62. The quantitative estimate of drug-likeness (QED) is 0.223.